The number of ether oxygens (including phenoxy) is 3. The van der Waals surface area contributed by atoms with Gasteiger partial charge < -0.3 is 19.5 Å². The first-order valence-electron chi connectivity index (χ1n) is 7.41. The summed E-state index contributed by atoms with van der Waals surface area (Å²) >= 11 is 3.55. The van der Waals surface area contributed by atoms with Gasteiger partial charge in [-0.3, -0.25) is 0 Å². The lowest BCUT2D eigenvalue weighted by Crippen LogP contribution is -2.27. The Balaban J connectivity index is 3.01. The first-order chi connectivity index (χ1) is 10.2. The standard InChI is InChI=1S/C16H26BrNO3/c1-5-9-18-13(11-21-10-6-2)12-7-8-14(19-3)15(17)16(12)20-4/h7-8,13,18H,5-6,9-11H2,1-4H3. The Bertz CT molecular complexity index is 426. The molecule has 21 heavy (non-hydrogen) atoms. The largest absolute Gasteiger partial charge is 0.495 e. The molecule has 0 heterocycles. The van der Waals surface area contributed by atoms with Crippen molar-refractivity contribution in [2.24, 2.45) is 0 Å². The topological polar surface area (TPSA) is 39.7 Å². The fourth-order valence-corrected chi connectivity index (χ4v) is 2.80. The van der Waals surface area contributed by atoms with Crippen molar-refractivity contribution >= 4 is 15.9 Å². The van der Waals surface area contributed by atoms with E-state index in [1.807, 2.05) is 12.1 Å². The lowest BCUT2D eigenvalue weighted by molar-refractivity contribution is 0.111. The monoisotopic (exact) mass is 359 g/mol. The highest BCUT2D eigenvalue weighted by Crippen LogP contribution is 2.39. The van der Waals surface area contributed by atoms with Crippen molar-refractivity contribution in [1.82, 2.24) is 5.32 Å². The van der Waals surface area contributed by atoms with Crippen LogP contribution in [0.3, 0.4) is 0 Å². The molecule has 120 valence electrons. The summed E-state index contributed by atoms with van der Waals surface area (Å²) in [5, 5.41) is 3.52. The van der Waals surface area contributed by atoms with Gasteiger partial charge in [0.15, 0.2) is 0 Å². The maximum Gasteiger partial charge on any atom is 0.141 e. The number of rotatable bonds is 10. The summed E-state index contributed by atoms with van der Waals surface area (Å²) in [5.74, 6) is 1.56. The molecule has 0 spiro atoms. The zero-order chi connectivity index (χ0) is 15.7. The second-order valence-electron chi connectivity index (χ2n) is 4.79. The van der Waals surface area contributed by atoms with Crippen LogP contribution in [0, 0.1) is 0 Å². The third kappa shape index (κ3) is 5.16. The van der Waals surface area contributed by atoms with Gasteiger partial charge in [-0.15, -0.1) is 0 Å². The van der Waals surface area contributed by atoms with Gasteiger partial charge in [0.2, 0.25) is 0 Å². The van der Waals surface area contributed by atoms with E-state index >= 15 is 0 Å². The molecule has 0 aliphatic rings. The lowest BCUT2D eigenvalue weighted by atomic mass is 10.1. The van der Waals surface area contributed by atoms with Crippen molar-refractivity contribution in [2.45, 2.75) is 32.7 Å². The quantitative estimate of drug-likeness (QED) is 0.642. The zero-order valence-electron chi connectivity index (χ0n) is 13.4. The summed E-state index contributed by atoms with van der Waals surface area (Å²) in [6.07, 6.45) is 2.09. The predicted octanol–water partition coefficient (Wildman–Crippen LogP) is 3.93. The Morgan fingerprint density at radius 2 is 1.90 bits per heavy atom. The molecule has 0 aromatic heterocycles. The van der Waals surface area contributed by atoms with E-state index in [0.29, 0.717) is 6.61 Å². The minimum atomic E-state index is 0.105. The summed E-state index contributed by atoms with van der Waals surface area (Å²) in [4.78, 5) is 0. The molecule has 1 aromatic carbocycles. The van der Waals surface area contributed by atoms with Gasteiger partial charge in [-0.1, -0.05) is 13.8 Å². The predicted molar refractivity (Wildman–Crippen MR) is 89.4 cm³/mol. The van der Waals surface area contributed by atoms with Crippen molar-refractivity contribution in [3.63, 3.8) is 0 Å². The Labute approximate surface area is 136 Å². The second kappa shape index (κ2) is 10.0. The molecule has 0 aliphatic heterocycles. The van der Waals surface area contributed by atoms with Gasteiger partial charge in [0.1, 0.15) is 16.0 Å². The van der Waals surface area contributed by atoms with Gasteiger partial charge >= 0.3 is 0 Å². The van der Waals surface area contributed by atoms with Gasteiger partial charge in [-0.2, -0.15) is 0 Å². The number of halogens is 1. The van der Waals surface area contributed by atoms with E-state index in [0.717, 1.165) is 47.5 Å². The van der Waals surface area contributed by atoms with Crippen molar-refractivity contribution in [1.29, 1.82) is 0 Å². The van der Waals surface area contributed by atoms with Crippen LogP contribution < -0.4 is 14.8 Å². The number of nitrogens with one attached hydrogen (secondary N) is 1. The summed E-state index contributed by atoms with van der Waals surface area (Å²) in [6.45, 7) is 6.59. The molecule has 0 saturated carbocycles. The summed E-state index contributed by atoms with van der Waals surface area (Å²) in [6, 6.07) is 4.08. The molecule has 5 heteroatoms. The molecule has 0 amide bonds. The summed E-state index contributed by atoms with van der Waals surface area (Å²) in [5.41, 5.74) is 1.08. The van der Waals surface area contributed by atoms with Gasteiger partial charge in [0, 0.05) is 12.2 Å². The molecule has 0 aliphatic carbocycles. The average molecular weight is 360 g/mol. The number of hydrogen-bond donors (Lipinski definition) is 1. The normalized spacial score (nSPS) is 12.2. The van der Waals surface area contributed by atoms with E-state index in [-0.39, 0.29) is 6.04 Å². The van der Waals surface area contributed by atoms with Gasteiger partial charge in [0.05, 0.1) is 26.9 Å². The molecule has 1 aromatic rings. The summed E-state index contributed by atoms with van der Waals surface area (Å²) in [7, 11) is 3.32. The van der Waals surface area contributed by atoms with E-state index in [9.17, 15) is 0 Å². The van der Waals surface area contributed by atoms with Gasteiger partial charge in [-0.25, -0.2) is 0 Å². The molecule has 0 bridgehead atoms. The van der Waals surface area contributed by atoms with Crippen LogP contribution in [0.5, 0.6) is 11.5 Å². The van der Waals surface area contributed by atoms with Crippen LogP contribution >= 0.6 is 15.9 Å². The van der Waals surface area contributed by atoms with Crippen molar-refractivity contribution in [3.8, 4) is 11.5 Å². The smallest absolute Gasteiger partial charge is 0.141 e. The van der Waals surface area contributed by atoms with Crippen molar-refractivity contribution < 1.29 is 14.2 Å². The van der Waals surface area contributed by atoms with Gasteiger partial charge in [-0.05, 0) is 47.4 Å². The van der Waals surface area contributed by atoms with E-state index in [2.05, 4.69) is 35.1 Å². The van der Waals surface area contributed by atoms with Crippen LogP contribution in [-0.4, -0.2) is 34.0 Å². The van der Waals surface area contributed by atoms with E-state index in [1.54, 1.807) is 14.2 Å². The van der Waals surface area contributed by atoms with Gasteiger partial charge in [0.25, 0.3) is 0 Å². The first-order valence-corrected chi connectivity index (χ1v) is 8.20. The van der Waals surface area contributed by atoms with Crippen LogP contribution in [0.1, 0.15) is 38.3 Å². The fourth-order valence-electron chi connectivity index (χ4n) is 2.12. The minimum absolute atomic E-state index is 0.105. The Morgan fingerprint density at radius 3 is 2.48 bits per heavy atom. The van der Waals surface area contributed by atoms with E-state index in [4.69, 9.17) is 14.2 Å². The highest BCUT2D eigenvalue weighted by atomic mass is 79.9. The lowest BCUT2D eigenvalue weighted by Gasteiger charge is -2.22. The summed E-state index contributed by atoms with van der Waals surface area (Å²) < 4.78 is 17.5. The number of benzene rings is 1. The van der Waals surface area contributed by atoms with Crippen molar-refractivity contribution in [3.05, 3.63) is 22.2 Å². The van der Waals surface area contributed by atoms with Crippen LogP contribution in [-0.2, 0) is 4.74 Å². The number of hydrogen-bond acceptors (Lipinski definition) is 4. The third-order valence-electron chi connectivity index (χ3n) is 3.17. The van der Waals surface area contributed by atoms with Crippen LogP contribution in [0.4, 0.5) is 0 Å². The number of methoxy groups -OCH3 is 2. The van der Waals surface area contributed by atoms with Crippen LogP contribution in [0.15, 0.2) is 16.6 Å². The average Bonchev–Trinajstić information content (AvgIpc) is 2.50. The van der Waals surface area contributed by atoms with Crippen LogP contribution in [0.25, 0.3) is 0 Å². The molecular weight excluding hydrogens is 334 g/mol. The second-order valence-corrected chi connectivity index (χ2v) is 5.58. The molecule has 0 radical (unpaired) electrons. The molecule has 1 rings (SSSR count). The molecule has 1 atom stereocenters. The minimum Gasteiger partial charge on any atom is -0.495 e. The first kappa shape index (κ1) is 18.3. The fraction of sp³-hybridized carbons (Fsp3) is 0.625. The van der Waals surface area contributed by atoms with E-state index in [1.165, 1.54) is 0 Å². The highest BCUT2D eigenvalue weighted by Gasteiger charge is 2.20. The SMILES string of the molecule is CCCNC(COCCC)c1ccc(OC)c(Br)c1OC. The Hall–Kier alpha value is -0.780. The Kier molecular flexibility index (Phi) is 8.73. The van der Waals surface area contributed by atoms with Crippen LogP contribution in [0.2, 0.25) is 0 Å². The molecule has 0 saturated heterocycles. The third-order valence-corrected chi connectivity index (χ3v) is 3.92. The molecule has 1 unspecified atom stereocenters. The van der Waals surface area contributed by atoms with E-state index < -0.39 is 0 Å². The zero-order valence-corrected chi connectivity index (χ0v) is 15.0. The molecular formula is C16H26BrNO3. The molecule has 1 N–H and O–H groups in total. The molecule has 4 nitrogen and oxygen atoms in total. The molecule has 0 fully saturated rings. The maximum atomic E-state index is 5.73. The van der Waals surface area contributed by atoms with Crippen molar-refractivity contribution in [2.75, 3.05) is 34.0 Å². The Morgan fingerprint density at radius 1 is 1.14 bits per heavy atom. The maximum absolute atomic E-state index is 5.73. The highest BCUT2D eigenvalue weighted by molar-refractivity contribution is 9.10.